The average Bonchev–Trinajstić information content (AvgIpc) is 3.82. The summed E-state index contributed by atoms with van der Waals surface area (Å²) >= 11 is 1.53. The highest BCUT2D eigenvalue weighted by Crippen LogP contribution is 2.54. The van der Waals surface area contributed by atoms with Crippen LogP contribution in [0.4, 0.5) is 5.00 Å². The van der Waals surface area contributed by atoms with Gasteiger partial charge in [-0.1, -0.05) is 12.1 Å². The van der Waals surface area contributed by atoms with Crippen molar-refractivity contribution in [3.8, 4) is 23.5 Å². The Morgan fingerprint density at radius 3 is 2.72 bits per heavy atom. The Kier molecular flexibility index (Phi) is 7.46. The molecule has 2 aliphatic heterocycles. The van der Waals surface area contributed by atoms with Crippen LogP contribution in [-0.2, 0) is 30.0 Å². The van der Waals surface area contributed by atoms with E-state index >= 15 is 0 Å². The summed E-state index contributed by atoms with van der Waals surface area (Å²) in [5, 5.41) is 15.5. The molecule has 2 saturated heterocycles. The maximum atomic E-state index is 13.9. The van der Waals surface area contributed by atoms with Gasteiger partial charge in [-0.3, -0.25) is 14.0 Å². The van der Waals surface area contributed by atoms with Crippen molar-refractivity contribution in [1.82, 2.24) is 29.2 Å². The normalized spacial score (nSPS) is 26.7. The lowest BCUT2D eigenvalue weighted by molar-refractivity contribution is 0.0257. The number of anilines is 1. The minimum atomic E-state index is -0.433. The highest BCUT2D eigenvalue weighted by molar-refractivity contribution is 7.16. The molecule has 8 rings (SSSR count). The van der Waals surface area contributed by atoms with Gasteiger partial charge in [-0.15, -0.1) is 11.3 Å². The monoisotopic (exact) mass is 658 g/mol. The van der Waals surface area contributed by atoms with Crippen LogP contribution in [0.3, 0.4) is 0 Å². The summed E-state index contributed by atoms with van der Waals surface area (Å²) in [5.41, 5.74) is 10.3. The number of nitriles is 1. The van der Waals surface area contributed by atoms with Crippen molar-refractivity contribution in [2.75, 3.05) is 32.5 Å². The van der Waals surface area contributed by atoms with Gasteiger partial charge in [0.25, 0.3) is 0 Å². The molecule has 0 saturated carbocycles. The van der Waals surface area contributed by atoms with E-state index in [-0.39, 0.29) is 23.9 Å². The zero-order valence-corrected chi connectivity index (χ0v) is 28.4. The topological polar surface area (TPSA) is 150 Å². The number of nitrogen functional groups attached to an aromatic ring is 1. The Balaban J connectivity index is 1.30. The smallest absolute Gasteiger partial charge is 0.330 e. The van der Waals surface area contributed by atoms with Crippen molar-refractivity contribution < 1.29 is 14.0 Å². The summed E-state index contributed by atoms with van der Waals surface area (Å²) in [4.78, 5) is 27.5. The second-order valence-corrected chi connectivity index (χ2v) is 15.3. The van der Waals surface area contributed by atoms with E-state index in [9.17, 15) is 10.1 Å². The zero-order chi connectivity index (χ0) is 32.6. The Bertz CT molecular complexity index is 1960. The molecule has 5 atom stereocenters. The molecule has 6 heterocycles. The molecular weight excluding hydrogens is 616 g/mol. The second kappa shape index (κ2) is 11.5. The van der Waals surface area contributed by atoms with E-state index in [1.807, 2.05) is 0 Å². The fourth-order valence-corrected chi connectivity index (χ4v) is 10.1. The first-order valence-corrected chi connectivity index (χ1v) is 17.8. The van der Waals surface area contributed by atoms with Crippen LogP contribution in [0, 0.1) is 17.2 Å². The number of rotatable bonds is 5. The fourth-order valence-electron chi connectivity index (χ4n) is 8.95. The number of nitrogens with zero attached hydrogens (tertiary/aromatic N) is 7. The van der Waals surface area contributed by atoms with Gasteiger partial charge in [-0.05, 0) is 89.8 Å². The Morgan fingerprint density at radius 2 is 1.98 bits per heavy atom. The number of imidazole rings is 1. The first-order chi connectivity index (χ1) is 22.7. The summed E-state index contributed by atoms with van der Waals surface area (Å²) in [7, 11) is 3.89. The molecule has 4 aromatic rings. The van der Waals surface area contributed by atoms with Crippen LogP contribution in [0.2, 0.25) is 0 Å². The fraction of sp³-hybridized carbons (Fsp3) is 0.618. The molecule has 4 aromatic heterocycles. The van der Waals surface area contributed by atoms with E-state index in [0.29, 0.717) is 58.3 Å². The molecule has 0 unspecified atom stereocenters. The van der Waals surface area contributed by atoms with Gasteiger partial charge in [0.15, 0.2) is 11.2 Å². The van der Waals surface area contributed by atoms with Crippen LogP contribution in [0.5, 0.6) is 5.88 Å². The van der Waals surface area contributed by atoms with E-state index < -0.39 is 5.41 Å². The molecule has 2 aliphatic carbocycles. The molecule has 2 N–H and O–H groups in total. The standard InChI is InChI=1S/C34H42N8O4S/c1-18-14-20(17-44-16-18)42-31-26(41(4)33(42)43)32(45-19(2)23-9-7-13-40(23)3)38-30(37-31)27-21-8-5-11-34(28(21)39-46-27)12-6-10-24-25(34)22(15-35)29(36)47-24/h18-20,23H,5-14,16-17,36H2,1-4H3/t18-,19-,20+,23-,34-/m0/s1. The van der Waals surface area contributed by atoms with Gasteiger partial charge in [0, 0.05) is 35.6 Å². The molecular formula is C34H42N8O4S. The van der Waals surface area contributed by atoms with E-state index in [0.717, 1.165) is 81.2 Å². The van der Waals surface area contributed by atoms with E-state index in [4.69, 9.17) is 34.9 Å². The molecule has 12 nitrogen and oxygen atoms in total. The molecule has 0 bridgehead atoms. The summed E-state index contributed by atoms with van der Waals surface area (Å²) < 4.78 is 22.2. The minimum Gasteiger partial charge on any atom is -0.471 e. The van der Waals surface area contributed by atoms with Gasteiger partial charge in [0.05, 0.1) is 23.9 Å². The van der Waals surface area contributed by atoms with E-state index in [1.54, 1.807) is 16.2 Å². The zero-order valence-electron chi connectivity index (χ0n) is 27.5. The van der Waals surface area contributed by atoms with Crippen LogP contribution in [0.25, 0.3) is 22.7 Å². The van der Waals surface area contributed by atoms with Crippen molar-refractivity contribution in [2.24, 2.45) is 13.0 Å². The number of hydrogen-bond donors (Lipinski definition) is 1. The quantitative estimate of drug-likeness (QED) is 0.319. The lowest BCUT2D eigenvalue weighted by Gasteiger charge is -2.39. The summed E-state index contributed by atoms with van der Waals surface area (Å²) in [6.45, 7) is 6.35. The number of likely N-dealkylation sites (N-methyl/N-ethyl adjacent to an activating group) is 1. The molecule has 4 aliphatic rings. The lowest BCUT2D eigenvalue weighted by atomic mass is 9.62. The number of likely N-dealkylation sites (tertiary alicyclic amines) is 1. The second-order valence-electron chi connectivity index (χ2n) is 14.2. The molecule has 1 spiro atoms. The summed E-state index contributed by atoms with van der Waals surface area (Å²) in [5.74, 6) is 1.54. The lowest BCUT2D eigenvalue weighted by Crippen LogP contribution is -2.38. The number of aromatic nitrogens is 5. The Morgan fingerprint density at radius 1 is 1.17 bits per heavy atom. The number of ether oxygens (including phenoxy) is 2. The predicted molar refractivity (Wildman–Crippen MR) is 178 cm³/mol. The van der Waals surface area contributed by atoms with Gasteiger partial charge < -0.3 is 19.7 Å². The number of thiophene rings is 1. The Labute approximate surface area is 277 Å². The molecule has 248 valence electrons. The molecule has 0 radical (unpaired) electrons. The van der Waals surface area contributed by atoms with Crippen LogP contribution in [0.15, 0.2) is 9.32 Å². The third-order valence-corrected chi connectivity index (χ3v) is 12.2. The minimum absolute atomic E-state index is 0.161. The van der Waals surface area contributed by atoms with Gasteiger partial charge in [0.2, 0.25) is 17.5 Å². The maximum absolute atomic E-state index is 13.9. The number of fused-ring (bicyclic) bond motifs is 5. The van der Waals surface area contributed by atoms with Gasteiger partial charge in [0.1, 0.15) is 17.2 Å². The first kappa shape index (κ1) is 30.6. The molecule has 0 amide bonds. The van der Waals surface area contributed by atoms with E-state index in [1.165, 1.54) is 16.2 Å². The number of nitrogens with two attached hydrogens (primary N) is 1. The largest absolute Gasteiger partial charge is 0.471 e. The molecule has 47 heavy (non-hydrogen) atoms. The van der Waals surface area contributed by atoms with Crippen molar-refractivity contribution in [1.29, 1.82) is 5.26 Å². The van der Waals surface area contributed by atoms with Crippen molar-refractivity contribution in [3.05, 3.63) is 37.7 Å². The molecule has 0 aromatic carbocycles. The molecule has 2 fully saturated rings. The highest BCUT2D eigenvalue weighted by Gasteiger charge is 2.48. The summed E-state index contributed by atoms with van der Waals surface area (Å²) in [6.07, 6.45) is 8.12. The van der Waals surface area contributed by atoms with Gasteiger partial charge >= 0.3 is 5.69 Å². The number of aryl methyl sites for hydroxylation is 2. The summed E-state index contributed by atoms with van der Waals surface area (Å²) in [6, 6.07) is 2.48. The van der Waals surface area contributed by atoms with Crippen molar-refractivity contribution in [2.45, 2.75) is 95.2 Å². The average molecular weight is 659 g/mol. The van der Waals surface area contributed by atoms with Crippen LogP contribution < -0.4 is 16.2 Å². The van der Waals surface area contributed by atoms with Crippen LogP contribution in [-0.4, -0.2) is 68.1 Å². The number of hydrogen-bond acceptors (Lipinski definition) is 11. The Hall–Kier alpha value is -3.73. The predicted octanol–water partition coefficient (Wildman–Crippen LogP) is 4.72. The van der Waals surface area contributed by atoms with Crippen LogP contribution in [0.1, 0.15) is 92.1 Å². The molecule has 13 heteroatoms. The van der Waals surface area contributed by atoms with Crippen molar-refractivity contribution in [3.63, 3.8) is 0 Å². The first-order valence-electron chi connectivity index (χ1n) is 17.0. The maximum Gasteiger partial charge on any atom is 0.330 e. The third-order valence-electron chi connectivity index (χ3n) is 11.1. The third kappa shape index (κ3) is 4.66. The van der Waals surface area contributed by atoms with Gasteiger partial charge in [-0.2, -0.15) is 10.2 Å². The highest BCUT2D eigenvalue weighted by atomic mass is 32.1. The van der Waals surface area contributed by atoms with E-state index in [2.05, 4.69) is 31.9 Å². The van der Waals surface area contributed by atoms with Gasteiger partial charge in [-0.25, -0.2) is 9.78 Å². The SMILES string of the molecule is C[C@@H]1COC[C@H](n2c(=O)n(C)c3c(O[C@@H](C)[C@@H]4CCCN4C)nc(-c4onc5c4CCC[C@@]54CCCc5sc(N)c(C#N)c54)nc32)C1. The van der Waals surface area contributed by atoms with Crippen molar-refractivity contribution >= 4 is 27.5 Å². The van der Waals surface area contributed by atoms with Crippen LogP contribution >= 0.6 is 11.3 Å².